The summed E-state index contributed by atoms with van der Waals surface area (Å²) in [5, 5.41) is 0.552. The fourth-order valence-corrected chi connectivity index (χ4v) is 3.31. The molecule has 5 nitrogen and oxygen atoms in total. The van der Waals surface area contributed by atoms with E-state index in [4.69, 9.17) is 4.74 Å². The molecular weight excluding hydrogens is 378 g/mol. The zero-order valence-electron chi connectivity index (χ0n) is 16.3. The molecule has 0 aliphatic heterocycles. The lowest BCUT2D eigenvalue weighted by atomic mass is 9.99. The molecule has 1 atom stereocenters. The van der Waals surface area contributed by atoms with Gasteiger partial charge < -0.3 is 9.72 Å². The van der Waals surface area contributed by atoms with Crippen molar-refractivity contribution >= 4 is 22.7 Å². The molecule has 4 rings (SSSR count). The Morgan fingerprint density at radius 2 is 1.53 bits per heavy atom. The van der Waals surface area contributed by atoms with Crippen LogP contribution in [0.15, 0.2) is 89.7 Å². The fraction of sp³-hybridized carbons (Fsp3) is 0.0800. The Morgan fingerprint density at radius 3 is 2.27 bits per heavy atom. The van der Waals surface area contributed by atoms with Crippen molar-refractivity contribution in [3.63, 3.8) is 0 Å². The van der Waals surface area contributed by atoms with Crippen molar-refractivity contribution < 1.29 is 14.3 Å². The maximum Gasteiger partial charge on any atom is 0.340 e. The van der Waals surface area contributed by atoms with Crippen LogP contribution in [0.1, 0.15) is 37.9 Å². The number of esters is 1. The van der Waals surface area contributed by atoms with Crippen molar-refractivity contribution in [1.82, 2.24) is 4.98 Å². The third kappa shape index (κ3) is 3.91. The van der Waals surface area contributed by atoms with Crippen molar-refractivity contribution in [2.45, 2.75) is 13.0 Å². The molecule has 3 aromatic carbocycles. The maximum atomic E-state index is 13.2. The molecule has 0 unspecified atom stereocenters. The van der Waals surface area contributed by atoms with Gasteiger partial charge in [0.05, 0.1) is 5.56 Å². The molecule has 0 saturated carbocycles. The highest BCUT2D eigenvalue weighted by Gasteiger charge is 2.27. The van der Waals surface area contributed by atoms with Gasteiger partial charge in [-0.05, 0) is 13.0 Å². The molecule has 0 radical (unpaired) electrons. The Kier molecular flexibility index (Phi) is 5.26. The molecule has 0 spiro atoms. The number of para-hydroxylation sites is 1. The lowest BCUT2D eigenvalue weighted by Gasteiger charge is -2.18. The summed E-state index contributed by atoms with van der Waals surface area (Å²) < 4.78 is 5.69. The fourth-order valence-electron chi connectivity index (χ4n) is 3.31. The Hall–Kier alpha value is -3.99. The summed E-state index contributed by atoms with van der Waals surface area (Å²) in [4.78, 5) is 41.0. The number of fused-ring (bicyclic) bond motifs is 1. The van der Waals surface area contributed by atoms with E-state index in [-0.39, 0.29) is 11.3 Å². The van der Waals surface area contributed by atoms with Gasteiger partial charge in [0.15, 0.2) is 6.10 Å². The second-order valence-corrected chi connectivity index (χ2v) is 7.02. The van der Waals surface area contributed by atoms with Crippen molar-refractivity contribution in [3.05, 3.63) is 118 Å². The zero-order valence-corrected chi connectivity index (χ0v) is 16.3. The smallest absolute Gasteiger partial charge is 0.340 e. The van der Waals surface area contributed by atoms with Gasteiger partial charge in [-0.1, -0.05) is 78.4 Å². The number of aromatic nitrogens is 1. The summed E-state index contributed by atoms with van der Waals surface area (Å²) in [6.07, 6.45) is -1.13. The number of rotatable bonds is 5. The van der Waals surface area contributed by atoms with Crippen LogP contribution in [0.5, 0.6) is 0 Å². The minimum absolute atomic E-state index is 0.118. The summed E-state index contributed by atoms with van der Waals surface area (Å²) in [5.41, 5.74) is 2.25. The predicted molar refractivity (Wildman–Crippen MR) is 115 cm³/mol. The first-order valence-corrected chi connectivity index (χ1v) is 9.52. The van der Waals surface area contributed by atoms with E-state index in [2.05, 4.69) is 4.98 Å². The van der Waals surface area contributed by atoms with E-state index in [1.165, 1.54) is 6.07 Å². The van der Waals surface area contributed by atoms with Crippen molar-refractivity contribution in [1.29, 1.82) is 0 Å². The van der Waals surface area contributed by atoms with E-state index in [1.54, 1.807) is 60.7 Å². The molecule has 0 aliphatic rings. The van der Waals surface area contributed by atoms with Gasteiger partial charge >= 0.3 is 5.97 Å². The highest BCUT2D eigenvalue weighted by molar-refractivity contribution is 6.06. The minimum atomic E-state index is -1.13. The number of aryl methyl sites for hydroxylation is 1. The monoisotopic (exact) mass is 397 g/mol. The van der Waals surface area contributed by atoms with Gasteiger partial charge in [-0.2, -0.15) is 0 Å². The van der Waals surface area contributed by atoms with Gasteiger partial charge in [-0.25, -0.2) is 4.79 Å². The lowest BCUT2D eigenvalue weighted by molar-refractivity contribution is 0.0282. The van der Waals surface area contributed by atoms with Crippen LogP contribution in [-0.4, -0.2) is 16.7 Å². The molecular formula is C25H19NO4. The zero-order chi connectivity index (χ0) is 21.1. The van der Waals surface area contributed by atoms with Gasteiger partial charge in [0.25, 0.3) is 0 Å². The number of hydrogen-bond donors (Lipinski definition) is 1. The number of ketones is 1. The predicted octanol–water partition coefficient (Wildman–Crippen LogP) is 4.62. The van der Waals surface area contributed by atoms with Crippen molar-refractivity contribution in [3.8, 4) is 0 Å². The average molecular weight is 397 g/mol. The number of pyridine rings is 1. The molecule has 1 aromatic heterocycles. The highest BCUT2D eigenvalue weighted by Crippen LogP contribution is 2.25. The summed E-state index contributed by atoms with van der Waals surface area (Å²) >= 11 is 0. The Bertz CT molecular complexity index is 1270. The molecule has 0 saturated heterocycles. The first-order chi connectivity index (χ1) is 14.5. The van der Waals surface area contributed by atoms with Crippen LogP contribution in [0, 0.1) is 6.92 Å². The van der Waals surface area contributed by atoms with Gasteiger partial charge in [0.1, 0.15) is 0 Å². The van der Waals surface area contributed by atoms with E-state index in [1.807, 2.05) is 25.1 Å². The molecule has 5 heteroatoms. The Balaban J connectivity index is 1.74. The van der Waals surface area contributed by atoms with Gasteiger partial charge in [-0.3, -0.25) is 9.59 Å². The summed E-state index contributed by atoms with van der Waals surface area (Å²) in [7, 11) is 0. The second-order valence-electron chi connectivity index (χ2n) is 7.02. The summed E-state index contributed by atoms with van der Waals surface area (Å²) in [6.45, 7) is 1.93. The van der Waals surface area contributed by atoms with E-state index in [0.29, 0.717) is 22.0 Å². The number of Topliss-reactive ketones (excluding diaryl/α,β-unsaturated/α-hetero) is 1. The van der Waals surface area contributed by atoms with Crippen LogP contribution in [-0.2, 0) is 4.74 Å². The lowest BCUT2D eigenvalue weighted by Crippen LogP contribution is -2.21. The maximum absolute atomic E-state index is 13.2. The van der Waals surface area contributed by atoms with E-state index < -0.39 is 17.6 Å². The van der Waals surface area contributed by atoms with Crippen LogP contribution in [0.25, 0.3) is 10.9 Å². The summed E-state index contributed by atoms with van der Waals surface area (Å²) in [5.74, 6) is -1.06. The normalized spacial score (nSPS) is 11.8. The number of H-pyrrole nitrogens is 1. The third-order valence-corrected chi connectivity index (χ3v) is 4.87. The van der Waals surface area contributed by atoms with Crippen molar-refractivity contribution in [2.75, 3.05) is 0 Å². The average Bonchev–Trinajstić information content (AvgIpc) is 2.77. The Morgan fingerprint density at radius 1 is 0.867 bits per heavy atom. The number of ether oxygens (including phenoxy) is 1. The molecule has 0 aliphatic carbocycles. The molecule has 148 valence electrons. The number of aromatic amines is 1. The molecule has 1 heterocycles. The molecule has 0 amide bonds. The van der Waals surface area contributed by atoms with Crippen LogP contribution in [0.3, 0.4) is 0 Å². The largest absolute Gasteiger partial charge is 0.445 e. The van der Waals surface area contributed by atoms with Gasteiger partial charge in [-0.15, -0.1) is 0 Å². The standard InChI is InChI=1S/C25H19NO4/c1-16-11-13-17(14-12-16)23(28)24(18-7-3-2-4-8-18)30-25(29)20-15-22(27)26-21-10-6-5-9-19(20)21/h2-15,24H,1H3,(H,26,27)/t24-/m0/s1. The molecule has 0 fully saturated rings. The molecule has 1 N–H and O–H groups in total. The number of carbonyl (C=O) groups is 2. The van der Waals surface area contributed by atoms with Crippen LogP contribution in [0.4, 0.5) is 0 Å². The minimum Gasteiger partial charge on any atom is -0.445 e. The van der Waals surface area contributed by atoms with E-state index in [9.17, 15) is 14.4 Å². The topological polar surface area (TPSA) is 76.2 Å². The number of benzene rings is 3. The van der Waals surface area contributed by atoms with Gasteiger partial charge in [0.2, 0.25) is 11.3 Å². The number of nitrogens with one attached hydrogen (secondary N) is 1. The van der Waals surface area contributed by atoms with Crippen LogP contribution < -0.4 is 5.56 Å². The number of carbonyl (C=O) groups excluding carboxylic acids is 2. The van der Waals surface area contributed by atoms with Crippen molar-refractivity contribution in [2.24, 2.45) is 0 Å². The SMILES string of the molecule is Cc1ccc(C(=O)[C@@H](OC(=O)c2cc(=O)[nH]c3ccccc23)c2ccccc2)cc1. The highest BCUT2D eigenvalue weighted by atomic mass is 16.5. The molecule has 30 heavy (non-hydrogen) atoms. The summed E-state index contributed by atoms with van der Waals surface area (Å²) in [6, 6.07) is 24.1. The van der Waals surface area contributed by atoms with Crippen LogP contribution >= 0.6 is 0 Å². The molecule has 0 bridgehead atoms. The quantitative estimate of drug-likeness (QED) is 0.394. The van der Waals surface area contributed by atoms with Gasteiger partial charge in [0, 0.05) is 28.1 Å². The van der Waals surface area contributed by atoms with E-state index >= 15 is 0 Å². The van der Waals surface area contributed by atoms with E-state index in [0.717, 1.165) is 5.56 Å². The first-order valence-electron chi connectivity index (χ1n) is 9.52. The second kappa shape index (κ2) is 8.17. The van der Waals surface area contributed by atoms with Crippen LogP contribution in [0.2, 0.25) is 0 Å². The Labute approximate surface area is 173 Å². The number of hydrogen-bond acceptors (Lipinski definition) is 4. The third-order valence-electron chi connectivity index (χ3n) is 4.87. The molecule has 4 aromatic rings. The first kappa shape index (κ1) is 19.3.